The van der Waals surface area contributed by atoms with Crippen LogP contribution in [0.3, 0.4) is 0 Å². The smallest absolute Gasteiger partial charge is 0.0541 e. The highest BCUT2D eigenvalue weighted by molar-refractivity contribution is 6.09. The quantitative estimate of drug-likeness (QED) is 0.282. The summed E-state index contributed by atoms with van der Waals surface area (Å²) in [6.45, 7) is 0. The summed E-state index contributed by atoms with van der Waals surface area (Å²) >= 11 is 0. The lowest BCUT2D eigenvalue weighted by molar-refractivity contribution is 1.18. The minimum atomic E-state index is 1.21. The van der Waals surface area contributed by atoms with Crippen molar-refractivity contribution in [2.75, 3.05) is 0 Å². The molecule has 2 nitrogen and oxygen atoms in total. The number of rotatable bonds is 1. The maximum atomic E-state index is 3.38. The third-order valence-corrected chi connectivity index (χ3v) is 6.01. The highest BCUT2D eigenvalue weighted by atomic mass is 15.0. The van der Waals surface area contributed by atoms with Gasteiger partial charge in [0, 0.05) is 38.3 Å². The number of fused-ring (bicyclic) bond motifs is 6. The Kier molecular flexibility index (Phi) is 4.47. The fraction of sp³-hybridized carbons (Fsp3) is 0. The summed E-state index contributed by atoms with van der Waals surface area (Å²) in [7, 11) is 0. The maximum Gasteiger partial charge on any atom is 0.0541 e. The molecule has 0 aliphatic heterocycles. The number of hydrogen-bond acceptors (Lipinski definition) is 0. The van der Waals surface area contributed by atoms with Crippen LogP contribution in [0.5, 0.6) is 0 Å². The molecule has 1 N–H and O–H groups in total. The largest absolute Gasteiger partial charge is 0.355 e. The first kappa shape index (κ1) is 18.5. The molecule has 0 fully saturated rings. The van der Waals surface area contributed by atoms with Crippen molar-refractivity contribution in [3.63, 3.8) is 0 Å². The zero-order chi connectivity index (χ0) is 21.3. The number of benzene rings is 5. The number of para-hydroxylation sites is 5. The molecule has 152 valence electrons. The number of nitrogens with one attached hydrogen (secondary N) is 1. The second kappa shape index (κ2) is 7.75. The third-order valence-electron chi connectivity index (χ3n) is 6.01. The molecule has 0 saturated carbocycles. The predicted molar refractivity (Wildman–Crippen MR) is 137 cm³/mol. The zero-order valence-electron chi connectivity index (χ0n) is 17.6. The Morgan fingerprint density at radius 3 is 1.31 bits per heavy atom. The van der Waals surface area contributed by atoms with E-state index in [4.69, 9.17) is 0 Å². The Labute approximate surface area is 186 Å². The fourth-order valence-corrected chi connectivity index (χ4v) is 4.58. The molecule has 2 heteroatoms. The Bertz CT molecular complexity index is 1570. The van der Waals surface area contributed by atoms with Crippen molar-refractivity contribution in [2.45, 2.75) is 0 Å². The van der Waals surface area contributed by atoms with Gasteiger partial charge in [0.15, 0.2) is 0 Å². The van der Waals surface area contributed by atoms with E-state index in [1.54, 1.807) is 0 Å². The van der Waals surface area contributed by atoms with Gasteiger partial charge in [-0.05, 0) is 36.4 Å². The van der Waals surface area contributed by atoms with Gasteiger partial charge in [-0.25, -0.2) is 0 Å². The number of hydrogen-bond donors (Lipinski definition) is 1. The third kappa shape index (κ3) is 3.05. The monoisotopic (exact) mass is 410 g/mol. The maximum absolute atomic E-state index is 3.38. The molecule has 0 aliphatic carbocycles. The van der Waals surface area contributed by atoms with Gasteiger partial charge in [-0.2, -0.15) is 0 Å². The minimum absolute atomic E-state index is 1.21. The van der Waals surface area contributed by atoms with E-state index in [9.17, 15) is 0 Å². The van der Waals surface area contributed by atoms with E-state index in [0.29, 0.717) is 0 Å². The summed E-state index contributed by atoms with van der Waals surface area (Å²) in [6.07, 6.45) is 0. The van der Waals surface area contributed by atoms with E-state index >= 15 is 0 Å². The van der Waals surface area contributed by atoms with Gasteiger partial charge in [0.25, 0.3) is 0 Å². The SMILES string of the molecule is c1ccc(-n2c3ccccc3c3ccccc32)cc1.c1ccc2c(c1)[nH]c1ccccc12. The van der Waals surface area contributed by atoms with Crippen LogP contribution < -0.4 is 0 Å². The lowest BCUT2D eigenvalue weighted by Crippen LogP contribution is -1.92. The first-order valence-corrected chi connectivity index (χ1v) is 10.9. The van der Waals surface area contributed by atoms with Crippen LogP contribution in [0.4, 0.5) is 0 Å². The first-order valence-electron chi connectivity index (χ1n) is 10.9. The number of aromatic nitrogens is 2. The summed E-state index contributed by atoms with van der Waals surface area (Å²) in [6, 6.07) is 44.4. The molecule has 7 aromatic rings. The van der Waals surface area contributed by atoms with Crippen LogP contribution in [-0.2, 0) is 0 Å². The highest BCUT2D eigenvalue weighted by Crippen LogP contribution is 2.31. The van der Waals surface area contributed by atoms with Crippen molar-refractivity contribution in [3.05, 3.63) is 127 Å². The van der Waals surface area contributed by atoms with Crippen molar-refractivity contribution in [2.24, 2.45) is 0 Å². The molecule has 0 radical (unpaired) electrons. The van der Waals surface area contributed by atoms with E-state index in [1.807, 2.05) is 0 Å². The van der Waals surface area contributed by atoms with Crippen molar-refractivity contribution < 1.29 is 0 Å². The van der Waals surface area contributed by atoms with Crippen LogP contribution in [-0.4, -0.2) is 9.55 Å². The van der Waals surface area contributed by atoms with Crippen molar-refractivity contribution in [1.29, 1.82) is 0 Å². The molecule has 0 aliphatic rings. The Morgan fingerprint density at radius 2 is 0.781 bits per heavy atom. The summed E-state index contributed by atoms with van der Waals surface area (Å²) < 4.78 is 2.32. The lowest BCUT2D eigenvalue weighted by Gasteiger charge is -2.06. The zero-order valence-corrected chi connectivity index (χ0v) is 17.6. The van der Waals surface area contributed by atoms with E-state index in [0.717, 1.165) is 0 Å². The Hall–Kier alpha value is -4.30. The second-order valence-electron chi connectivity index (χ2n) is 7.92. The van der Waals surface area contributed by atoms with Gasteiger partial charge in [0.1, 0.15) is 0 Å². The van der Waals surface area contributed by atoms with Crippen LogP contribution in [0.1, 0.15) is 0 Å². The number of nitrogens with zero attached hydrogens (tertiary/aromatic N) is 1. The van der Waals surface area contributed by atoms with Gasteiger partial charge in [-0.1, -0.05) is 91.0 Å². The molecular formula is C30H22N2. The van der Waals surface area contributed by atoms with Crippen molar-refractivity contribution in [1.82, 2.24) is 9.55 Å². The minimum Gasteiger partial charge on any atom is -0.355 e. The first-order chi connectivity index (χ1) is 15.9. The highest BCUT2D eigenvalue weighted by Gasteiger charge is 2.10. The van der Waals surface area contributed by atoms with Gasteiger partial charge in [0.05, 0.1) is 11.0 Å². The van der Waals surface area contributed by atoms with Gasteiger partial charge in [-0.3, -0.25) is 0 Å². The van der Waals surface area contributed by atoms with Crippen LogP contribution in [0.15, 0.2) is 127 Å². The van der Waals surface area contributed by atoms with Gasteiger partial charge >= 0.3 is 0 Å². The Morgan fingerprint density at radius 1 is 0.375 bits per heavy atom. The molecule has 0 spiro atoms. The molecule has 0 amide bonds. The number of H-pyrrole nitrogens is 1. The average molecular weight is 411 g/mol. The second-order valence-corrected chi connectivity index (χ2v) is 7.92. The van der Waals surface area contributed by atoms with Gasteiger partial charge in [0.2, 0.25) is 0 Å². The summed E-state index contributed by atoms with van der Waals surface area (Å²) in [5.74, 6) is 0. The van der Waals surface area contributed by atoms with Crippen LogP contribution in [0.2, 0.25) is 0 Å². The molecule has 2 heterocycles. The number of aromatic amines is 1. The molecule has 0 saturated heterocycles. The molecule has 7 rings (SSSR count). The average Bonchev–Trinajstić information content (AvgIpc) is 3.41. The molecule has 32 heavy (non-hydrogen) atoms. The molecule has 0 unspecified atom stereocenters. The summed E-state index contributed by atoms with van der Waals surface area (Å²) in [5.41, 5.74) is 6.15. The van der Waals surface area contributed by atoms with E-state index < -0.39 is 0 Å². The van der Waals surface area contributed by atoms with Gasteiger partial charge < -0.3 is 9.55 Å². The van der Waals surface area contributed by atoms with E-state index in [2.05, 4.69) is 137 Å². The fourth-order valence-electron chi connectivity index (χ4n) is 4.58. The van der Waals surface area contributed by atoms with Crippen LogP contribution >= 0.6 is 0 Å². The predicted octanol–water partition coefficient (Wildman–Crippen LogP) is 8.10. The van der Waals surface area contributed by atoms with Gasteiger partial charge in [-0.15, -0.1) is 0 Å². The summed E-state index contributed by atoms with van der Waals surface area (Å²) in [5, 5.41) is 5.22. The lowest BCUT2D eigenvalue weighted by atomic mass is 10.2. The normalized spacial score (nSPS) is 11.1. The molecule has 2 aromatic heterocycles. The van der Waals surface area contributed by atoms with Crippen LogP contribution in [0, 0.1) is 0 Å². The van der Waals surface area contributed by atoms with E-state index in [-0.39, 0.29) is 0 Å². The summed E-state index contributed by atoms with van der Waals surface area (Å²) in [4.78, 5) is 3.38. The van der Waals surface area contributed by atoms with Crippen LogP contribution in [0.25, 0.3) is 49.3 Å². The standard InChI is InChI=1S/C18H13N.C12H9N/c1-2-8-14(9-3-1)19-17-12-6-4-10-15(17)16-11-5-7-13-18(16)19;1-3-7-11-9(5-1)10-6-2-4-8-12(10)13-11/h1-13H;1-8,13H. The van der Waals surface area contributed by atoms with Crippen molar-refractivity contribution in [3.8, 4) is 5.69 Å². The molecule has 5 aromatic carbocycles. The molecule has 0 atom stereocenters. The molecular weight excluding hydrogens is 388 g/mol. The van der Waals surface area contributed by atoms with Crippen molar-refractivity contribution >= 4 is 43.6 Å². The van der Waals surface area contributed by atoms with E-state index in [1.165, 1.54) is 49.3 Å². The Balaban J connectivity index is 0.000000131. The molecule has 0 bridgehead atoms. The topological polar surface area (TPSA) is 20.7 Å².